The summed E-state index contributed by atoms with van der Waals surface area (Å²) in [5.74, 6) is 0. The van der Waals surface area contributed by atoms with Crippen LogP contribution in [0.5, 0.6) is 0 Å². The molecule has 0 radical (unpaired) electrons. The first-order chi connectivity index (χ1) is 5.65. The van der Waals surface area contributed by atoms with Crippen LogP contribution in [0.3, 0.4) is 0 Å². The van der Waals surface area contributed by atoms with Crippen LogP contribution in [0.4, 0.5) is 0 Å². The van der Waals surface area contributed by atoms with Crippen LogP contribution in [-0.2, 0) is 13.5 Å². The highest BCUT2D eigenvalue weighted by atomic mass is 15.3. The molecular weight excluding hydrogens is 150 g/mol. The van der Waals surface area contributed by atoms with Gasteiger partial charge >= 0.3 is 0 Å². The number of hydrogen-bond donors (Lipinski definition) is 1. The van der Waals surface area contributed by atoms with Gasteiger partial charge in [-0.25, -0.2) is 0 Å². The maximum Gasteiger partial charge on any atom is 0.0627 e. The minimum atomic E-state index is 0.0770. The Labute approximate surface area is 73.6 Å². The van der Waals surface area contributed by atoms with E-state index in [2.05, 4.69) is 18.1 Å². The lowest BCUT2D eigenvalue weighted by molar-refractivity contribution is 0.646. The van der Waals surface area contributed by atoms with E-state index >= 15 is 0 Å². The summed E-state index contributed by atoms with van der Waals surface area (Å²) in [6.45, 7) is 4.13. The Balaban J connectivity index is 2.85. The molecule has 0 aliphatic heterocycles. The van der Waals surface area contributed by atoms with Gasteiger partial charge in [0.25, 0.3) is 0 Å². The highest BCUT2D eigenvalue weighted by Gasteiger charge is 2.07. The Morgan fingerprint density at radius 2 is 2.33 bits per heavy atom. The van der Waals surface area contributed by atoms with E-state index in [1.54, 1.807) is 0 Å². The van der Waals surface area contributed by atoms with Crippen molar-refractivity contribution < 1.29 is 0 Å². The third-order valence-electron chi connectivity index (χ3n) is 1.94. The van der Waals surface area contributed by atoms with Gasteiger partial charge in [0, 0.05) is 13.1 Å². The first-order valence-electron chi connectivity index (χ1n) is 4.43. The van der Waals surface area contributed by atoms with Crippen molar-refractivity contribution in [1.29, 1.82) is 0 Å². The summed E-state index contributed by atoms with van der Waals surface area (Å²) >= 11 is 0. The highest BCUT2D eigenvalue weighted by Crippen LogP contribution is 2.11. The van der Waals surface area contributed by atoms with E-state index in [-0.39, 0.29) is 6.04 Å². The Hall–Kier alpha value is -0.830. The number of nitrogens with two attached hydrogens (primary N) is 1. The molecule has 2 N–H and O–H groups in total. The van der Waals surface area contributed by atoms with Crippen molar-refractivity contribution in [1.82, 2.24) is 9.78 Å². The molecule has 0 aliphatic rings. The van der Waals surface area contributed by atoms with Crippen molar-refractivity contribution in [2.75, 3.05) is 0 Å². The van der Waals surface area contributed by atoms with Crippen molar-refractivity contribution in [2.24, 2.45) is 12.8 Å². The van der Waals surface area contributed by atoms with Gasteiger partial charge in [0.05, 0.1) is 11.4 Å². The molecule has 0 saturated heterocycles. The van der Waals surface area contributed by atoms with Crippen LogP contribution in [0.25, 0.3) is 0 Å². The fourth-order valence-electron chi connectivity index (χ4n) is 1.35. The Morgan fingerprint density at radius 3 is 2.75 bits per heavy atom. The summed E-state index contributed by atoms with van der Waals surface area (Å²) in [4.78, 5) is 0. The Bertz CT molecular complexity index is 250. The van der Waals surface area contributed by atoms with E-state index in [0.29, 0.717) is 0 Å². The lowest BCUT2D eigenvalue weighted by atomic mass is 10.2. The summed E-state index contributed by atoms with van der Waals surface area (Å²) in [6.07, 6.45) is 2.18. The smallest absolute Gasteiger partial charge is 0.0627 e. The number of hydrogen-bond acceptors (Lipinski definition) is 2. The molecule has 1 atom stereocenters. The summed E-state index contributed by atoms with van der Waals surface area (Å²) < 4.78 is 1.87. The molecule has 0 amide bonds. The molecule has 12 heavy (non-hydrogen) atoms. The van der Waals surface area contributed by atoms with E-state index in [0.717, 1.165) is 24.2 Å². The predicted octanol–water partition coefficient (Wildman–Crippen LogP) is 1.39. The topological polar surface area (TPSA) is 43.8 Å². The monoisotopic (exact) mass is 167 g/mol. The first kappa shape index (κ1) is 9.26. The van der Waals surface area contributed by atoms with Gasteiger partial charge in [0.15, 0.2) is 0 Å². The molecule has 1 rings (SSSR count). The SMILES string of the molecule is CCCc1cc(C(C)N)n(C)n1. The molecule has 0 bridgehead atoms. The highest BCUT2D eigenvalue weighted by molar-refractivity contribution is 5.13. The zero-order valence-corrected chi connectivity index (χ0v) is 8.04. The zero-order chi connectivity index (χ0) is 9.14. The zero-order valence-electron chi connectivity index (χ0n) is 8.04. The summed E-state index contributed by atoms with van der Waals surface area (Å²) in [5, 5.41) is 4.36. The summed E-state index contributed by atoms with van der Waals surface area (Å²) in [6, 6.07) is 2.17. The van der Waals surface area contributed by atoms with E-state index in [4.69, 9.17) is 5.73 Å². The minimum Gasteiger partial charge on any atom is -0.323 e. The van der Waals surface area contributed by atoms with Crippen LogP contribution in [0, 0.1) is 0 Å². The largest absolute Gasteiger partial charge is 0.323 e. The molecule has 0 saturated carbocycles. The van der Waals surface area contributed by atoms with Gasteiger partial charge in [0.1, 0.15) is 0 Å². The molecule has 3 nitrogen and oxygen atoms in total. The van der Waals surface area contributed by atoms with Crippen molar-refractivity contribution in [3.05, 3.63) is 17.5 Å². The standard InChI is InChI=1S/C9H17N3/c1-4-5-8-6-9(7(2)10)12(3)11-8/h6-7H,4-5,10H2,1-3H3. The average molecular weight is 167 g/mol. The van der Waals surface area contributed by atoms with E-state index in [1.807, 2.05) is 18.7 Å². The maximum atomic E-state index is 5.76. The molecule has 0 aliphatic carbocycles. The van der Waals surface area contributed by atoms with Crippen LogP contribution < -0.4 is 5.73 Å². The molecule has 3 heteroatoms. The molecule has 1 heterocycles. The fourth-order valence-corrected chi connectivity index (χ4v) is 1.35. The minimum absolute atomic E-state index is 0.0770. The third kappa shape index (κ3) is 1.85. The van der Waals surface area contributed by atoms with Crippen molar-refractivity contribution in [2.45, 2.75) is 32.7 Å². The van der Waals surface area contributed by atoms with Gasteiger partial charge in [0.2, 0.25) is 0 Å². The van der Waals surface area contributed by atoms with Crippen molar-refractivity contribution >= 4 is 0 Å². The normalized spacial score (nSPS) is 13.3. The van der Waals surface area contributed by atoms with Gasteiger partial charge in [-0.2, -0.15) is 5.10 Å². The van der Waals surface area contributed by atoms with Crippen molar-refractivity contribution in [3.63, 3.8) is 0 Å². The molecule has 1 unspecified atom stereocenters. The molecule has 0 aromatic carbocycles. The van der Waals surface area contributed by atoms with Gasteiger partial charge in [-0.3, -0.25) is 4.68 Å². The number of aryl methyl sites for hydroxylation is 2. The summed E-state index contributed by atoms with van der Waals surface area (Å²) in [7, 11) is 1.94. The molecule has 1 aromatic heterocycles. The fraction of sp³-hybridized carbons (Fsp3) is 0.667. The second kappa shape index (κ2) is 3.72. The quantitative estimate of drug-likeness (QED) is 0.739. The number of aromatic nitrogens is 2. The molecule has 1 aromatic rings. The predicted molar refractivity (Wildman–Crippen MR) is 49.8 cm³/mol. The lowest BCUT2D eigenvalue weighted by Crippen LogP contribution is -2.10. The molecule has 68 valence electrons. The third-order valence-corrected chi connectivity index (χ3v) is 1.94. The van der Waals surface area contributed by atoms with Crippen LogP contribution >= 0.6 is 0 Å². The number of nitrogens with zero attached hydrogens (tertiary/aromatic N) is 2. The summed E-state index contributed by atoms with van der Waals surface area (Å²) in [5.41, 5.74) is 8.02. The molecule has 0 fully saturated rings. The molecule has 0 spiro atoms. The van der Waals surface area contributed by atoms with Crippen LogP contribution in [0.15, 0.2) is 6.07 Å². The maximum absolute atomic E-state index is 5.76. The van der Waals surface area contributed by atoms with E-state index in [1.165, 1.54) is 0 Å². The number of rotatable bonds is 3. The van der Waals surface area contributed by atoms with E-state index in [9.17, 15) is 0 Å². The Morgan fingerprint density at radius 1 is 1.67 bits per heavy atom. The second-order valence-corrected chi connectivity index (χ2v) is 3.22. The second-order valence-electron chi connectivity index (χ2n) is 3.22. The first-order valence-corrected chi connectivity index (χ1v) is 4.43. The van der Waals surface area contributed by atoms with E-state index < -0.39 is 0 Å². The van der Waals surface area contributed by atoms with Gasteiger partial charge < -0.3 is 5.73 Å². The van der Waals surface area contributed by atoms with Gasteiger partial charge in [-0.05, 0) is 19.4 Å². The molecular formula is C9H17N3. The van der Waals surface area contributed by atoms with Crippen molar-refractivity contribution in [3.8, 4) is 0 Å². The Kier molecular flexibility index (Phi) is 2.87. The van der Waals surface area contributed by atoms with Crippen LogP contribution in [0.2, 0.25) is 0 Å². The van der Waals surface area contributed by atoms with Gasteiger partial charge in [-0.15, -0.1) is 0 Å². The lowest BCUT2D eigenvalue weighted by Gasteiger charge is -2.03. The van der Waals surface area contributed by atoms with Gasteiger partial charge in [-0.1, -0.05) is 13.3 Å². The van der Waals surface area contributed by atoms with Crippen LogP contribution in [0.1, 0.15) is 37.7 Å². The average Bonchev–Trinajstić information content (AvgIpc) is 2.32. The van der Waals surface area contributed by atoms with Crippen LogP contribution in [-0.4, -0.2) is 9.78 Å².